The van der Waals surface area contributed by atoms with E-state index in [1.807, 2.05) is 6.08 Å². The van der Waals surface area contributed by atoms with Crippen LogP contribution >= 0.6 is 0 Å². The lowest BCUT2D eigenvalue weighted by Crippen LogP contribution is -2.15. The number of carboxylic acids is 1. The number of rotatable bonds is 14. The van der Waals surface area contributed by atoms with Crippen molar-refractivity contribution in [3.63, 3.8) is 0 Å². The van der Waals surface area contributed by atoms with Crippen molar-refractivity contribution in [3.05, 3.63) is 12.2 Å². The molecule has 3 unspecified atom stereocenters. The van der Waals surface area contributed by atoms with Gasteiger partial charge in [-0.2, -0.15) is 0 Å². The van der Waals surface area contributed by atoms with Crippen molar-refractivity contribution < 1.29 is 19.5 Å². The molecule has 0 amide bonds. The highest BCUT2D eigenvalue weighted by molar-refractivity contribution is 5.92. The van der Waals surface area contributed by atoms with Crippen molar-refractivity contribution in [2.24, 2.45) is 17.8 Å². The van der Waals surface area contributed by atoms with Crippen LogP contribution in [-0.4, -0.2) is 22.6 Å². The molecule has 0 heterocycles. The Kier molecular flexibility index (Phi) is 11.1. The van der Waals surface area contributed by atoms with E-state index < -0.39 is 5.97 Å². The van der Waals surface area contributed by atoms with Crippen LogP contribution in [0.4, 0.5) is 0 Å². The van der Waals surface area contributed by atoms with Crippen molar-refractivity contribution >= 4 is 17.5 Å². The van der Waals surface area contributed by atoms with Gasteiger partial charge in [0.2, 0.25) is 0 Å². The van der Waals surface area contributed by atoms with Crippen molar-refractivity contribution in [1.29, 1.82) is 0 Å². The summed E-state index contributed by atoms with van der Waals surface area (Å²) in [5.41, 5.74) is 0. The van der Waals surface area contributed by atoms with Crippen LogP contribution in [0.1, 0.15) is 90.9 Å². The van der Waals surface area contributed by atoms with Gasteiger partial charge in [0.05, 0.1) is 0 Å². The third-order valence-electron chi connectivity index (χ3n) is 5.62. The highest BCUT2D eigenvalue weighted by Gasteiger charge is 2.32. The molecule has 0 radical (unpaired) electrons. The van der Waals surface area contributed by atoms with E-state index in [1.54, 1.807) is 6.08 Å². The van der Waals surface area contributed by atoms with Gasteiger partial charge in [0.15, 0.2) is 5.78 Å². The number of aliphatic carboxylic acids is 1. The molecule has 0 spiro atoms. The molecule has 0 aromatic heterocycles. The maximum Gasteiger partial charge on any atom is 0.303 e. The molecular formula is C22H36O4. The number of hydrogen-bond donors (Lipinski definition) is 1. The summed E-state index contributed by atoms with van der Waals surface area (Å²) in [5, 5.41) is 8.64. The Morgan fingerprint density at radius 1 is 1.15 bits per heavy atom. The predicted molar refractivity (Wildman–Crippen MR) is 104 cm³/mol. The molecule has 1 aliphatic rings. The van der Waals surface area contributed by atoms with E-state index in [-0.39, 0.29) is 30.0 Å². The van der Waals surface area contributed by atoms with Gasteiger partial charge in [0.1, 0.15) is 5.78 Å². The van der Waals surface area contributed by atoms with Gasteiger partial charge in [0.25, 0.3) is 0 Å². The summed E-state index contributed by atoms with van der Waals surface area (Å²) in [6.45, 7) is 4.21. The third kappa shape index (κ3) is 8.29. The van der Waals surface area contributed by atoms with Crippen LogP contribution in [0, 0.1) is 17.8 Å². The average Bonchev–Trinajstić information content (AvgIpc) is 2.96. The number of carboxylic acid groups (broad SMARTS) is 1. The monoisotopic (exact) mass is 364 g/mol. The molecule has 4 nitrogen and oxygen atoms in total. The summed E-state index contributed by atoms with van der Waals surface area (Å²) in [4.78, 5) is 35.1. The lowest BCUT2D eigenvalue weighted by atomic mass is 9.88. The lowest BCUT2D eigenvalue weighted by Gasteiger charge is -2.15. The van der Waals surface area contributed by atoms with Gasteiger partial charge in [-0.3, -0.25) is 14.4 Å². The van der Waals surface area contributed by atoms with E-state index in [9.17, 15) is 14.4 Å². The fourth-order valence-corrected chi connectivity index (χ4v) is 3.89. The number of unbranched alkanes of at least 4 members (excludes halogenated alkanes) is 4. The van der Waals surface area contributed by atoms with Gasteiger partial charge in [-0.15, -0.1) is 0 Å². The number of hydrogen-bond acceptors (Lipinski definition) is 3. The first-order valence-corrected chi connectivity index (χ1v) is 10.5. The zero-order valence-corrected chi connectivity index (χ0v) is 16.5. The Hall–Kier alpha value is -1.45. The molecule has 1 saturated carbocycles. The van der Waals surface area contributed by atoms with Gasteiger partial charge >= 0.3 is 5.97 Å². The summed E-state index contributed by atoms with van der Waals surface area (Å²) in [6, 6.07) is 0. The van der Waals surface area contributed by atoms with E-state index in [1.165, 1.54) is 0 Å². The van der Waals surface area contributed by atoms with Crippen molar-refractivity contribution in [2.45, 2.75) is 90.9 Å². The average molecular weight is 365 g/mol. The Labute approximate surface area is 158 Å². The highest BCUT2D eigenvalue weighted by Crippen LogP contribution is 2.34. The van der Waals surface area contributed by atoms with Gasteiger partial charge in [-0.05, 0) is 44.1 Å². The summed E-state index contributed by atoms with van der Waals surface area (Å²) < 4.78 is 0. The van der Waals surface area contributed by atoms with Crippen LogP contribution < -0.4 is 0 Å². The van der Waals surface area contributed by atoms with Crippen LogP contribution in [0.2, 0.25) is 0 Å². The van der Waals surface area contributed by atoms with Crippen molar-refractivity contribution in [3.8, 4) is 0 Å². The van der Waals surface area contributed by atoms with Crippen LogP contribution in [0.15, 0.2) is 12.2 Å². The molecule has 0 saturated heterocycles. The van der Waals surface area contributed by atoms with Gasteiger partial charge in [-0.1, -0.05) is 52.0 Å². The minimum absolute atomic E-state index is 0.0502. The fraction of sp³-hybridized carbons (Fsp3) is 0.773. The molecule has 0 bridgehead atoms. The lowest BCUT2D eigenvalue weighted by molar-refractivity contribution is -0.137. The molecule has 1 aliphatic carbocycles. The topological polar surface area (TPSA) is 71.4 Å². The zero-order valence-electron chi connectivity index (χ0n) is 16.5. The number of ketones is 2. The largest absolute Gasteiger partial charge is 0.481 e. The van der Waals surface area contributed by atoms with Crippen LogP contribution in [0.25, 0.3) is 0 Å². The molecule has 1 fully saturated rings. The SMILES string of the molecule is CCCCC(CC)C(=O)/C=C/C1CCC(=O)C1CCCCCCC(=O)O. The highest BCUT2D eigenvalue weighted by atomic mass is 16.4. The molecule has 26 heavy (non-hydrogen) atoms. The maximum atomic E-state index is 12.4. The van der Waals surface area contributed by atoms with Crippen LogP contribution in [0.5, 0.6) is 0 Å². The van der Waals surface area contributed by atoms with E-state index in [2.05, 4.69) is 13.8 Å². The van der Waals surface area contributed by atoms with E-state index >= 15 is 0 Å². The molecular weight excluding hydrogens is 328 g/mol. The van der Waals surface area contributed by atoms with Gasteiger partial charge in [-0.25, -0.2) is 0 Å². The number of carbonyl (C=O) groups excluding carboxylic acids is 2. The Balaban J connectivity index is 2.42. The smallest absolute Gasteiger partial charge is 0.303 e. The molecule has 1 N–H and O–H groups in total. The molecule has 0 aliphatic heterocycles. The Morgan fingerprint density at radius 3 is 2.54 bits per heavy atom. The molecule has 1 rings (SSSR count). The van der Waals surface area contributed by atoms with E-state index in [0.29, 0.717) is 18.6 Å². The van der Waals surface area contributed by atoms with E-state index in [4.69, 9.17) is 5.11 Å². The minimum Gasteiger partial charge on any atom is -0.481 e. The number of carbonyl (C=O) groups is 3. The molecule has 3 atom stereocenters. The van der Waals surface area contributed by atoms with Gasteiger partial charge < -0.3 is 5.11 Å². The second-order valence-corrected chi connectivity index (χ2v) is 7.63. The second kappa shape index (κ2) is 12.8. The quantitative estimate of drug-likeness (QED) is 0.333. The Bertz CT molecular complexity index is 481. The molecule has 148 valence electrons. The van der Waals surface area contributed by atoms with Crippen LogP contribution in [0.3, 0.4) is 0 Å². The summed E-state index contributed by atoms with van der Waals surface area (Å²) in [7, 11) is 0. The maximum absolute atomic E-state index is 12.4. The predicted octanol–water partition coefficient (Wildman–Crippen LogP) is 5.35. The number of allylic oxidation sites excluding steroid dienone is 2. The molecule has 4 heteroatoms. The van der Waals surface area contributed by atoms with Gasteiger partial charge in [0, 0.05) is 24.7 Å². The van der Waals surface area contributed by atoms with E-state index in [0.717, 1.165) is 57.8 Å². The fourth-order valence-electron chi connectivity index (χ4n) is 3.89. The van der Waals surface area contributed by atoms with Crippen LogP contribution in [-0.2, 0) is 14.4 Å². The Morgan fingerprint density at radius 2 is 1.88 bits per heavy atom. The second-order valence-electron chi connectivity index (χ2n) is 7.63. The van der Waals surface area contributed by atoms with Crippen molar-refractivity contribution in [2.75, 3.05) is 0 Å². The summed E-state index contributed by atoms with van der Waals surface area (Å²) in [5.74, 6) is 0.179. The number of Topliss-reactive ketones (excluding diaryl/α,β-unsaturated/α-hetero) is 1. The standard InChI is InChI=1S/C22H36O4/c1-3-5-10-17(4-2)20(23)15-13-18-14-16-21(24)19(18)11-8-6-7-9-12-22(25)26/h13,15,17-19H,3-12,14,16H2,1-2H3,(H,25,26)/b15-13+. The minimum atomic E-state index is -0.741. The first kappa shape index (κ1) is 22.6. The first-order valence-electron chi connectivity index (χ1n) is 10.5. The molecule has 0 aromatic rings. The zero-order chi connectivity index (χ0) is 19.4. The molecule has 0 aromatic carbocycles. The van der Waals surface area contributed by atoms with Crippen molar-refractivity contribution in [1.82, 2.24) is 0 Å². The third-order valence-corrected chi connectivity index (χ3v) is 5.62. The normalized spacial score (nSPS) is 21.4. The summed E-state index contributed by atoms with van der Waals surface area (Å²) in [6.07, 6.45) is 13.9. The summed E-state index contributed by atoms with van der Waals surface area (Å²) >= 11 is 0. The first-order chi connectivity index (χ1) is 12.5.